The highest BCUT2D eigenvalue weighted by molar-refractivity contribution is 5.30. The van der Waals surface area contributed by atoms with Gasteiger partial charge in [0.15, 0.2) is 0 Å². The molecule has 0 aliphatic rings. The molecule has 2 heteroatoms. The third-order valence-electron chi connectivity index (χ3n) is 3.45. The lowest BCUT2D eigenvalue weighted by atomic mass is 10.0. The molecule has 1 unspecified atom stereocenters. The van der Waals surface area contributed by atoms with Crippen molar-refractivity contribution < 1.29 is 4.74 Å². The number of ether oxygens (including phenoxy) is 1. The lowest BCUT2D eigenvalue weighted by molar-refractivity contribution is 0.267. The molecule has 0 aromatic heterocycles. The lowest BCUT2D eigenvalue weighted by Crippen LogP contribution is -2.27. The van der Waals surface area contributed by atoms with Gasteiger partial charge in [-0.2, -0.15) is 0 Å². The number of benzene rings is 2. The highest BCUT2D eigenvalue weighted by Crippen LogP contribution is 2.19. The molecule has 1 atom stereocenters. The fraction of sp³-hybridized carbons (Fsp3) is 0.333. The first-order valence-corrected chi connectivity index (χ1v) is 7.19. The predicted octanol–water partition coefficient (Wildman–Crippen LogP) is 4.03. The van der Waals surface area contributed by atoms with E-state index in [-0.39, 0.29) is 6.04 Å². The van der Waals surface area contributed by atoms with Gasteiger partial charge in [0.2, 0.25) is 0 Å². The Kier molecular flexibility index (Phi) is 5.19. The molecule has 2 nitrogen and oxygen atoms in total. The van der Waals surface area contributed by atoms with Gasteiger partial charge in [0.25, 0.3) is 0 Å². The monoisotopic (exact) mass is 269 g/mol. The standard InChI is InChI=1S/C18H23NO/c1-4-19-18(17-8-6-5-7-15(17)3)13-20-16-11-9-14(2)10-12-16/h5-12,18-19H,4,13H2,1-3H3. The van der Waals surface area contributed by atoms with E-state index < -0.39 is 0 Å². The van der Waals surface area contributed by atoms with E-state index in [1.165, 1.54) is 16.7 Å². The van der Waals surface area contributed by atoms with E-state index in [9.17, 15) is 0 Å². The molecule has 0 aliphatic heterocycles. The molecule has 0 amide bonds. The molecule has 0 saturated heterocycles. The van der Waals surface area contributed by atoms with Crippen molar-refractivity contribution in [1.29, 1.82) is 0 Å². The molecule has 2 rings (SSSR count). The van der Waals surface area contributed by atoms with Crippen LogP contribution in [0.15, 0.2) is 48.5 Å². The maximum absolute atomic E-state index is 5.92. The fourth-order valence-electron chi connectivity index (χ4n) is 2.30. The van der Waals surface area contributed by atoms with Crippen molar-refractivity contribution in [3.8, 4) is 5.75 Å². The first-order chi connectivity index (χ1) is 9.70. The first-order valence-electron chi connectivity index (χ1n) is 7.19. The zero-order valence-corrected chi connectivity index (χ0v) is 12.5. The summed E-state index contributed by atoms with van der Waals surface area (Å²) in [5.41, 5.74) is 3.85. The van der Waals surface area contributed by atoms with Gasteiger partial charge in [0.1, 0.15) is 12.4 Å². The third-order valence-corrected chi connectivity index (χ3v) is 3.45. The molecule has 2 aromatic carbocycles. The van der Waals surface area contributed by atoms with Gasteiger partial charge in [-0.25, -0.2) is 0 Å². The zero-order valence-electron chi connectivity index (χ0n) is 12.5. The molecule has 20 heavy (non-hydrogen) atoms. The van der Waals surface area contributed by atoms with Gasteiger partial charge in [-0.3, -0.25) is 0 Å². The summed E-state index contributed by atoms with van der Waals surface area (Å²) >= 11 is 0. The predicted molar refractivity (Wildman–Crippen MR) is 84.3 cm³/mol. The number of nitrogens with one attached hydrogen (secondary N) is 1. The Morgan fingerprint density at radius 2 is 1.70 bits per heavy atom. The van der Waals surface area contributed by atoms with Crippen LogP contribution in [0, 0.1) is 13.8 Å². The molecule has 0 spiro atoms. The average Bonchev–Trinajstić information content (AvgIpc) is 2.46. The Morgan fingerprint density at radius 1 is 1.00 bits per heavy atom. The van der Waals surface area contributed by atoms with Crippen LogP contribution in [0.5, 0.6) is 5.75 Å². The maximum atomic E-state index is 5.92. The van der Waals surface area contributed by atoms with Crippen LogP contribution in [0.4, 0.5) is 0 Å². The second kappa shape index (κ2) is 7.11. The summed E-state index contributed by atoms with van der Waals surface area (Å²) in [7, 11) is 0. The van der Waals surface area contributed by atoms with E-state index in [0.29, 0.717) is 6.61 Å². The van der Waals surface area contributed by atoms with E-state index in [0.717, 1.165) is 12.3 Å². The van der Waals surface area contributed by atoms with Crippen molar-refractivity contribution in [2.45, 2.75) is 26.8 Å². The van der Waals surface area contributed by atoms with Crippen LogP contribution in [0.2, 0.25) is 0 Å². The van der Waals surface area contributed by atoms with Crippen LogP contribution in [0.1, 0.15) is 29.7 Å². The molecule has 0 aliphatic carbocycles. The number of hydrogen-bond donors (Lipinski definition) is 1. The summed E-state index contributed by atoms with van der Waals surface area (Å²) < 4.78 is 5.92. The average molecular weight is 269 g/mol. The van der Waals surface area contributed by atoms with E-state index >= 15 is 0 Å². The van der Waals surface area contributed by atoms with Crippen LogP contribution < -0.4 is 10.1 Å². The summed E-state index contributed by atoms with van der Waals surface area (Å²) in [5.74, 6) is 0.923. The topological polar surface area (TPSA) is 21.3 Å². The quantitative estimate of drug-likeness (QED) is 0.854. The van der Waals surface area contributed by atoms with Crippen molar-refractivity contribution in [2.75, 3.05) is 13.2 Å². The second-order valence-electron chi connectivity index (χ2n) is 5.09. The zero-order chi connectivity index (χ0) is 14.4. The van der Waals surface area contributed by atoms with E-state index in [2.05, 4.69) is 62.5 Å². The van der Waals surface area contributed by atoms with Gasteiger partial charge < -0.3 is 10.1 Å². The first kappa shape index (κ1) is 14.6. The Hall–Kier alpha value is -1.80. The van der Waals surface area contributed by atoms with E-state index in [1.54, 1.807) is 0 Å². The van der Waals surface area contributed by atoms with Gasteiger partial charge in [0.05, 0.1) is 6.04 Å². The number of likely N-dealkylation sites (N-methyl/N-ethyl adjacent to an activating group) is 1. The molecule has 1 N–H and O–H groups in total. The van der Waals surface area contributed by atoms with Crippen LogP contribution >= 0.6 is 0 Å². The minimum Gasteiger partial charge on any atom is -0.492 e. The molecular weight excluding hydrogens is 246 g/mol. The van der Waals surface area contributed by atoms with Crippen LogP contribution in [0.25, 0.3) is 0 Å². The number of rotatable bonds is 6. The Labute approximate surface area is 121 Å². The van der Waals surface area contributed by atoms with Gasteiger partial charge in [-0.15, -0.1) is 0 Å². The van der Waals surface area contributed by atoms with Gasteiger partial charge in [-0.05, 0) is 43.7 Å². The van der Waals surface area contributed by atoms with Gasteiger partial charge >= 0.3 is 0 Å². The van der Waals surface area contributed by atoms with Gasteiger partial charge in [-0.1, -0.05) is 48.9 Å². The van der Waals surface area contributed by atoms with Crippen molar-refractivity contribution in [3.05, 3.63) is 65.2 Å². The molecule has 2 aromatic rings. The Balaban J connectivity index is 2.06. The van der Waals surface area contributed by atoms with Crippen LogP contribution in [-0.4, -0.2) is 13.2 Å². The highest BCUT2D eigenvalue weighted by Gasteiger charge is 2.13. The van der Waals surface area contributed by atoms with E-state index in [4.69, 9.17) is 4.74 Å². The van der Waals surface area contributed by atoms with Crippen LogP contribution in [-0.2, 0) is 0 Å². The third kappa shape index (κ3) is 3.84. The summed E-state index contributed by atoms with van der Waals surface area (Å²) in [6.07, 6.45) is 0. The molecule has 0 saturated carbocycles. The summed E-state index contributed by atoms with van der Waals surface area (Å²) in [4.78, 5) is 0. The van der Waals surface area contributed by atoms with E-state index in [1.807, 2.05) is 12.1 Å². The largest absolute Gasteiger partial charge is 0.492 e. The van der Waals surface area contributed by atoms with Crippen molar-refractivity contribution in [2.24, 2.45) is 0 Å². The highest BCUT2D eigenvalue weighted by atomic mass is 16.5. The Morgan fingerprint density at radius 3 is 2.35 bits per heavy atom. The van der Waals surface area contributed by atoms with Crippen LogP contribution in [0.3, 0.4) is 0 Å². The summed E-state index contributed by atoms with van der Waals surface area (Å²) in [5, 5.41) is 3.50. The minimum absolute atomic E-state index is 0.225. The minimum atomic E-state index is 0.225. The molecular formula is C18H23NO. The van der Waals surface area contributed by atoms with Crippen molar-refractivity contribution in [1.82, 2.24) is 5.32 Å². The lowest BCUT2D eigenvalue weighted by Gasteiger charge is -2.21. The number of hydrogen-bond acceptors (Lipinski definition) is 2. The van der Waals surface area contributed by atoms with Crippen molar-refractivity contribution >= 4 is 0 Å². The second-order valence-corrected chi connectivity index (χ2v) is 5.09. The molecule has 106 valence electrons. The molecule has 0 bridgehead atoms. The smallest absolute Gasteiger partial charge is 0.119 e. The Bertz CT molecular complexity index is 533. The summed E-state index contributed by atoms with van der Waals surface area (Å²) in [6.45, 7) is 7.92. The molecule has 0 radical (unpaired) electrons. The fourth-order valence-corrected chi connectivity index (χ4v) is 2.30. The molecule has 0 heterocycles. The normalized spacial score (nSPS) is 12.2. The molecule has 0 fully saturated rings. The number of aryl methyl sites for hydroxylation is 2. The maximum Gasteiger partial charge on any atom is 0.119 e. The summed E-state index contributed by atoms with van der Waals surface area (Å²) in [6, 6.07) is 16.9. The SMILES string of the molecule is CCNC(COc1ccc(C)cc1)c1ccccc1C. The van der Waals surface area contributed by atoms with Crippen molar-refractivity contribution in [3.63, 3.8) is 0 Å². The van der Waals surface area contributed by atoms with Gasteiger partial charge in [0, 0.05) is 0 Å².